The minimum atomic E-state index is -0.0429. The van der Waals surface area contributed by atoms with E-state index in [4.69, 9.17) is 9.47 Å². The average molecular weight is 344 g/mol. The van der Waals surface area contributed by atoms with Crippen LogP contribution in [0.1, 0.15) is 38.7 Å². The van der Waals surface area contributed by atoms with Gasteiger partial charge in [0.05, 0.1) is 0 Å². The smallest absolute Gasteiger partial charge is 0.244 e. The van der Waals surface area contributed by atoms with Crippen LogP contribution in [0.3, 0.4) is 0 Å². The molecule has 1 fully saturated rings. The molecule has 1 N–H and O–H groups in total. The van der Waals surface area contributed by atoms with Gasteiger partial charge < -0.3 is 19.7 Å². The van der Waals surface area contributed by atoms with Crippen LogP contribution < -0.4 is 14.8 Å². The van der Waals surface area contributed by atoms with Crippen LogP contribution in [0.15, 0.2) is 24.3 Å². The Hall–Kier alpha value is -2.01. The molecule has 1 saturated heterocycles. The molecular weight excluding hydrogens is 316 g/mol. The van der Waals surface area contributed by atoms with Crippen LogP contribution in [0, 0.1) is 5.92 Å². The van der Waals surface area contributed by atoms with E-state index in [1.807, 2.05) is 24.3 Å². The molecule has 5 nitrogen and oxygen atoms in total. The zero-order valence-electron chi connectivity index (χ0n) is 15.2. The average Bonchev–Trinajstić information content (AvgIpc) is 3.28. The second-order valence-electron chi connectivity index (χ2n) is 6.81. The molecule has 0 saturated carbocycles. The highest BCUT2D eigenvalue weighted by molar-refractivity contribution is 5.91. The van der Waals surface area contributed by atoms with Crippen molar-refractivity contribution in [2.75, 3.05) is 26.4 Å². The molecule has 0 aromatic heterocycles. The standard InChI is InChI=1S/C20H28N2O3/c1-3-17(4-2)22-10-9-16(13-22)12-21-20(23)8-6-15-5-7-18-19(11-15)25-14-24-18/h5-8,11,16-17H,3-4,9-10,12-14H2,1-2H3,(H,21,23). The maximum absolute atomic E-state index is 12.1. The van der Waals surface area contributed by atoms with Crippen LogP contribution in [0.4, 0.5) is 0 Å². The van der Waals surface area contributed by atoms with E-state index in [-0.39, 0.29) is 12.7 Å². The Morgan fingerprint density at radius 3 is 2.92 bits per heavy atom. The molecule has 1 atom stereocenters. The summed E-state index contributed by atoms with van der Waals surface area (Å²) in [5.41, 5.74) is 0.931. The van der Waals surface area contributed by atoms with Crippen LogP contribution in [-0.2, 0) is 4.79 Å². The van der Waals surface area contributed by atoms with E-state index < -0.39 is 0 Å². The molecule has 0 aliphatic carbocycles. The Morgan fingerprint density at radius 1 is 1.32 bits per heavy atom. The molecule has 1 amide bonds. The van der Waals surface area contributed by atoms with Gasteiger partial charge in [0.15, 0.2) is 11.5 Å². The predicted octanol–water partition coefficient (Wildman–Crippen LogP) is 3.06. The van der Waals surface area contributed by atoms with Crippen molar-refractivity contribution in [3.63, 3.8) is 0 Å². The molecule has 136 valence electrons. The van der Waals surface area contributed by atoms with Crippen LogP contribution in [-0.4, -0.2) is 43.3 Å². The summed E-state index contributed by atoms with van der Waals surface area (Å²) >= 11 is 0. The fourth-order valence-electron chi connectivity index (χ4n) is 3.66. The number of nitrogens with zero attached hydrogens (tertiary/aromatic N) is 1. The Morgan fingerprint density at radius 2 is 2.12 bits per heavy atom. The molecule has 0 radical (unpaired) electrons. The minimum Gasteiger partial charge on any atom is -0.454 e. The minimum absolute atomic E-state index is 0.0429. The summed E-state index contributed by atoms with van der Waals surface area (Å²) in [7, 11) is 0. The normalized spacial score (nSPS) is 19.9. The fraction of sp³-hybridized carbons (Fsp3) is 0.550. The number of hydrogen-bond acceptors (Lipinski definition) is 4. The molecule has 1 unspecified atom stereocenters. The van der Waals surface area contributed by atoms with Crippen LogP contribution in [0.25, 0.3) is 6.08 Å². The lowest BCUT2D eigenvalue weighted by Crippen LogP contribution is -2.34. The van der Waals surface area contributed by atoms with Gasteiger partial charge in [0.25, 0.3) is 0 Å². The number of likely N-dealkylation sites (tertiary alicyclic amines) is 1. The summed E-state index contributed by atoms with van der Waals surface area (Å²) in [6.07, 6.45) is 6.97. The number of fused-ring (bicyclic) bond motifs is 1. The lowest BCUT2D eigenvalue weighted by Gasteiger charge is -2.25. The first-order chi connectivity index (χ1) is 12.2. The van der Waals surface area contributed by atoms with E-state index in [1.54, 1.807) is 6.08 Å². The highest BCUT2D eigenvalue weighted by Crippen LogP contribution is 2.32. The second kappa shape index (κ2) is 8.39. The Labute approximate surface area is 150 Å². The van der Waals surface area contributed by atoms with E-state index in [2.05, 4.69) is 24.1 Å². The highest BCUT2D eigenvalue weighted by Gasteiger charge is 2.26. The number of benzene rings is 1. The quantitative estimate of drug-likeness (QED) is 0.773. The van der Waals surface area contributed by atoms with Gasteiger partial charge in [-0.15, -0.1) is 0 Å². The van der Waals surface area contributed by atoms with Gasteiger partial charge in [0, 0.05) is 25.2 Å². The molecule has 5 heteroatoms. The molecule has 1 aromatic rings. The first-order valence-electron chi connectivity index (χ1n) is 9.29. The van der Waals surface area contributed by atoms with Gasteiger partial charge in [-0.3, -0.25) is 4.79 Å². The van der Waals surface area contributed by atoms with Gasteiger partial charge in [-0.05, 0) is 55.5 Å². The zero-order valence-corrected chi connectivity index (χ0v) is 15.2. The monoisotopic (exact) mass is 344 g/mol. The third kappa shape index (κ3) is 4.54. The number of nitrogens with one attached hydrogen (secondary N) is 1. The molecule has 25 heavy (non-hydrogen) atoms. The Kier molecular flexibility index (Phi) is 5.97. The topological polar surface area (TPSA) is 50.8 Å². The molecule has 0 spiro atoms. The molecule has 0 bridgehead atoms. The van der Waals surface area contributed by atoms with Crippen molar-refractivity contribution >= 4 is 12.0 Å². The van der Waals surface area contributed by atoms with E-state index in [0.29, 0.717) is 12.0 Å². The van der Waals surface area contributed by atoms with Crippen LogP contribution in [0.5, 0.6) is 11.5 Å². The van der Waals surface area contributed by atoms with E-state index in [0.717, 1.165) is 36.7 Å². The summed E-state index contributed by atoms with van der Waals surface area (Å²) < 4.78 is 10.6. The predicted molar refractivity (Wildman–Crippen MR) is 98.7 cm³/mol. The number of carbonyl (C=O) groups excluding carboxylic acids is 1. The summed E-state index contributed by atoms with van der Waals surface area (Å²) in [5, 5.41) is 3.03. The molecule has 3 rings (SSSR count). The van der Waals surface area contributed by atoms with Crippen molar-refractivity contribution in [3.8, 4) is 11.5 Å². The van der Waals surface area contributed by atoms with Gasteiger partial charge in [0.2, 0.25) is 12.7 Å². The summed E-state index contributed by atoms with van der Waals surface area (Å²) in [6, 6.07) is 6.36. The summed E-state index contributed by atoms with van der Waals surface area (Å²) in [6.45, 7) is 7.77. The zero-order chi connectivity index (χ0) is 17.6. The largest absolute Gasteiger partial charge is 0.454 e. The summed E-state index contributed by atoms with van der Waals surface area (Å²) in [5.74, 6) is 2.00. The fourth-order valence-corrected chi connectivity index (χ4v) is 3.66. The molecule has 2 aliphatic rings. The number of hydrogen-bond donors (Lipinski definition) is 1. The maximum atomic E-state index is 12.1. The van der Waals surface area contributed by atoms with Gasteiger partial charge in [-0.2, -0.15) is 0 Å². The van der Waals surface area contributed by atoms with Crippen molar-refractivity contribution < 1.29 is 14.3 Å². The Balaban J connectivity index is 1.44. The first kappa shape index (κ1) is 17.8. The van der Waals surface area contributed by atoms with Crippen molar-refractivity contribution in [3.05, 3.63) is 29.8 Å². The molecule has 2 heterocycles. The summed E-state index contributed by atoms with van der Waals surface area (Å²) in [4.78, 5) is 14.6. The third-order valence-electron chi connectivity index (χ3n) is 5.16. The Bertz CT molecular complexity index is 625. The van der Waals surface area contributed by atoms with Crippen LogP contribution >= 0.6 is 0 Å². The number of ether oxygens (including phenoxy) is 2. The van der Waals surface area contributed by atoms with Gasteiger partial charge in [-0.25, -0.2) is 0 Å². The molecule has 1 aromatic carbocycles. The first-order valence-corrected chi connectivity index (χ1v) is 9.29. The molecule has 2 aliphatic heterocycles. The van der Waals surface area contributed by atoms with Crippen molar-refractivity contribution in [2.24, 2.45) is 5.92 Å². The number of carbonyl (C=O) groups is 1. The highest BCUT2D eigenvalue weighted by atomic mass is 16.7. The van der Waals surface area contributed by atoms with Crippen molar-refractivity contribution in [2.45, 2.75) is 39.2 Å². The lowest BCUT2D eigenvalue weighted by atomic mass is 10.1. The van der Waals surface area contributed by atoms with Crippen molar-refractivity contribution in [1.82, 2.24) is 10.2 Å². The van der Waals surface area contributed by atoms with Gasteiger partial charge in [0.1, 0.15) is 0 Å². The number of amides is 1. The lowest BCUT2D eigenvalue weighted by molar-refractivity contribution is -0.116. The van der Waals surface area contributed by atoms with Gasteiger partial charge >= 0.3 is 0 Å². The van der Waals surface area contributed by atoms with Gasteiger partial charge in [-0.1, -0.05) is 19.9 Å². The van der Waals surface area contributed by atoms with Crippen LogP contribution in [0.2, 0.25) is 0 Å². The third-order valence-corrected chi connectivity index (χ3v) is 5.16. The van der Waals surface area contributed by atoms with E-state index >= 15 is 0 Å². The molecular formula is C20H28N2O3. The van der Waals surface area contributed by atoms with E-state index in [1.165, 1.54) is 19.3 Å². The maximum Gasteiger partial charge on any atom is 0.244 e. The SMILES string of the molecule is CCC(CC)N1CCC(CNC(=O)C=Cc2ccc3c(c2)OCO3)C1. The van der Waals surface area contributed by atoms with E-state index in [9.17, 15) is 4.79 Å². The van der Waals surface area contributed by atoms with Crippen molar-refractivity contribution in [1.29, 1.82) is 0 Å². The number of rotatable bonds is 7. The second-order valence-corrected chi connectivity index (χ2v) is 6.81.